The van der Waals surface area contributed by atoms with Gasteiger partial charge in [-0.2, -0.15) is 0 Å². The van der Waals surface area contributed by atoms with Crippen molar-refractivity contribution in [3.05, 3.63) is 34.3 Å². The number of rotatable bonds is 5. The van der Waals surface area contributed by atoms with Crippen molar-refractivity contribution in [1.29, 1.82) is 0 Å². The van der Waals surface area contributed by atoms with Crippen LogP contribution < -0.4 is 5.32 Å². The first-order valence-corrected chi connectivity index (χ1v) is 9.57. The first-order valence-electron chi connectivity index (χ1n) is 9.19. The normalized spacial score (nSPS) is 18.3. The number of carboxylic acids is 1. The van der Waals surface area contributed by atoms with Crippen LogP contribution in [-0.4, -0.2) is 46.4 Å². The second-order valence-corrected chi connectivity index (χ2v) is 8.31. The van der Waals surface area contributed by atoms with E-state index in [2.05, 4.69) is 5.32 Å². The lowest BCUT2D eigenvalue weighted by molar-refractivity contribution is -0.150. The second-order valence-electron chi connectivity index (χ2n) is 7.93. The highest BCUT2D eigenvalue weighted by Gasteiger charge is 2.42. The third-order valence-corrected chi connectivity index (χ3v) is 5.36. The maximum atomic E-state index is 13.1. The lowest BCUT2D eigenvalue weighted by Gasteiger charge is -2.35. The fourth-order valence-electron chi connectivity index (χ4n) is 3.34. The molecule has 0 unspecified atom stereocenters. The van der Waals surface area contributed by atoms with Crippen molar-refractivity contribution in [2.24, 2.45) is 5.41 Å². The average molecular weight is 395 g/mol. The third kappa shape index (κ3) is 4.61. The molecular formula is C20H27ClN2O4. The fourth-order valence-corrected chi connectivity index (χ4v) is 3.68. The molecule has 0 radical (unpaired) electrons. The van der Waals surface area contributed by atoms with E-state index in [1.165, 1.54) is 4.90 Å². The number of likely N-dealkylation sites (tertiary alicyclic amines) is 1. The summed E-state index contributed by atoms with van der Waals surface area (Å²) >= 11 is 6.34. The number of aliphatic carboxylic acids is 1. The van der Waals surface area contributed by atoms with Crippen LogP contribution in [-0.2, 0) is 16.0 Å². The standard InChI is InChI=1S/C20H27ClN2O4/c1-5-12-8-6-9-13(15(12)21)17(24)22-16(20(2,3)4)18(25)23-11-7-10-14(23)19(26)27/h6,8-9,14,16H,5,7,10-11H2,1-4H3,(H,22,24)(H,26,27)/t14-,16+/m0/s1. The van der Waals surface area contributed by atoms with E-state index >= 15 is 0 Å². The molecule has 2 rings (SSSR count). The van der Waals surface area contributed by atoms with Crippen LogP contribution in [0.5, 0.6) is 0 Å². The first kappa shape index (κ1) is 21.2. The summed E-state index contributed by atoms with van der Waals surface area (Å²) < 4.78 is 0. The van der Waals surface area contributed by atoms with E-state index in [4.69, 9.17) is 11.6 Å². The summed E-state index contributed by atoms with van der Waals surface area (Å²) in [6.07, 6.45) is 1.75. The van der Waals surface area contributed by atoms with Gasteiger partial charge in [-0.25, -0.2) is 4.79 Å². The van der Waals surface area contributed by atoms with E-state index in [0.29, 0.717) is 36.4 Å². The molecule has 27 heavy (non-hydrogen) atoms. The summed E-state index contributed by atoms with van der Waals surface area (Å²) in [6.45, 7) is 7.84. The van der Waals surface area contributed by atoms with E-state index in [-0.39, 0.29) is 5.91 Å². The van der Waals surface area contributed by atoms with Crippen LogP contribution >= 0.6 is 11.6 Å². The van der Waals surface area contributed by atoms with Gasteiger partial charge in [0, 0.05) is 6.54 Å². The number of nitrogens with zero attached hydrogens (tertiary/aromatic N) is 1. The van der Waals surface area contributed by atoms with E-state index in [0.717, 1.165) is 5.56 Å². The Kier molecular flexibility index (Phi) is 6.52. The number of nitrogens with one attached hydrogen (secondary N) is 1. The van der Waals surface area contributed by atoms with Gasteiger partial charge in [-0.15, -0.1) is 0 Å². The van der Waals surface area contributed by atoms with Crippen LogP contribution in [0.2, 0.25) is 5.02 Å². The Bertz CT molecular complexity index is 742. The molecule has 1 aliphatic rings. The van der Waals surface area contributed by atoms with Gasteiger partial charge < -0.3 is 15.3 Å². The molecule has 1 aromatic carbocycles. The van der Waals surface area contributed by atoms with Crippen LogP contribution in [0.25, 0.3) is 0 Å². The van der Waals surface area contributed by atoms with Crippen molar-refractivity contribution in [3.63, 3.8) is 0 Å². The van der Waals surface area contributed by atoms with Crippen LogP contribution in [0.1, 0.15) is 56.5 Å². The van der Waals surface area contributed by atoms with E-state index in [1.54, 1.807) is 12.1 Å². The zero-order valence-electron chi connectivity index (χ0n) is 16.2. The highest BCUT2D eigenvalue weighted by molar-refractivity contribution is 6.34. The minimum Gasteiger partial charge on any atom is -0.480 e. The maximum absolute atomic E-state index is 13.1. The van der Waals surface area contributed by atoms with E-state index in [9.17, 15) is 19.5 Å². The summed E-state index contributed by atoms with van der Waals surface area (Å²) in [5.41, 5.74) is 0.579. The molecule has 0 bridgehead atoms. The van der Waals surface area contributed by atoms with Gasteiger partial charge >= 0.3 is 5.97 Å². The quantitative estimate of drug-likeness (QED) is 0.803. The van der Waals surface area contributed by atoms with Crippen molar-refractivity contribution in [2.75, 3.05) is 6.54 Å². The summed E-state index contributed by atoms with van der Waals surface area (Å²) in [6, 6.07) is 3.54. The number of halogens is 1. The SMILES string of the molecule is CCc1cccc(C(=O)N[C@H](C(=O)N2CCC[C@H]2C(=O)O)C(C)(C)C)c1Cl. The highest BCUT2D eigenvalue weighted by Crippen LogP contribution is 2.27. The summed E-state index contributed by atoms with van der Waals surface area (Å²) in [7, 11) is 0. The first-order chi connectivity index (χ1) is 12.6. The van der Waals surface area contributed by atoms with Crippen molar-refractivity contribution >= 4 is 29.4 Å². The van der Waals surface area contributed by atoms with Crippen LogP contribution in [0.4, 0.5) is 0 Å². The molecule has 0 aliphatic carbocycles. The van der Waals surface area contributed by atoms with Crippen LogP contribution in [0.3, 0.4) is 0 Å². The largest absolute Gasteiger partial charge is 0.480 e. The molecule has 1 heterocycles. The molecule has 2 amide bonds. The van der Waals surface area contributed by atoms with Gasteiger partial charge in [0.05, 0.1) is 10.6 Å². The molecule has 1 fully saturated rings. The monoisotopic (exact) mass is 394 g/mol. The van der Waals surface area contributed by atoms with Crippen LogP contribution in [0.15, 0.2) is 18.2 Å². The Hall–Kier alpha value is -2.08. The third-order valence-electron chi connectivity index (χ3n) is 4.91. The van der Waals surface area contributed by atoms with Gasteiger partial charge in [0.25, 0.3) is 5.91 Å². The predicted octanol–water partition coefficient (Wildman–Crippen LogP) is 3.12. The Balaban J connectivity index is 2.29. The second kappa shape index (κ2) is 8.30. The topological polar surface area (TPSA) is 86.7 Å². The smallest absolute Gasteiger partial charge is 0.326 e. The molecule has 2 N–H and O–H groups in total. The maximum Gasteiger partial charge on any atom is 0.326 e. The minimum atomic E-state index is -1.02. The highest BCUT2D eigenvalue weighted by atomic mass is 35.5. The number of carboxylic acid groups (broad SMARTS) is 1. The molecule has 148 valence electrons. The minimum absolute atomic E-state index is 0.314. The molecule has 1 aromatic rings. The van der Waals surface area contributed by atoms with Crippen molar-refractivity contribution < 1.29 is 19.5 Å². The average Bonchev–Trinajstić information content (AvgIpc) is 3.08. The van der Waals surface area contributed by atoms with Crippen molar-refractivity contribution in [3.8, 4) is 0 Å². The van der Waals surface area contributed by atoms with Crippen LogP contribution in [0, 0.1) is 5.41 Å². The van der Waals surface area contributed by atoms with Gasteiger partial charge in [-0.3, -0.25) is 9.59 Å². The molecule has 1 aliphatic heterocycles. The van der Waals surface area contributed by atoms with E-state index < -0.39 is 29.4 Å². The lowest BCUT2D eigenvalue weighted by Crippen LogP contribution is -2.56. The number of carbonyl (C=O) groups excluding carboxylic acids is 2. The van der Waals surface area contributed by atoms with Gasteiger partial charge in [-0.05, 0) is 36.3 Å². The Morgan fingerprint density at radius 3 is 2.56 bits per heavy atom. The molecule has 0 aromatic heterocycles. The fraction of sp³-hybridized carbons (Fsp3) is 0.550. The Morgan fingerprint density at radius 2 is 2.00 bits per heavy atom. The predicted molar refractivity (Wildman–Crippen MR) is 104 cm³/mol. The molecule has 1 saturated heterocycles. The molecule has 0 saturated carbocycles. The number of hydrogen-bond donors (Lipinski definition) is 2. The van der Waals surface area contributed by atoms with Crippen molar-refractivity contribution in [2.45, 2.75) is 59.0 Å². The molecule has 2 atom stereocenters. The number of amides is 2. The Morgan fingerprint density at radius 1 is 1.33 bits per heavy atom. The van der Waals surface area contributed by atoms with Gasteiger partial charge in [0.1, 0.15) is 12.1 Å². The molecule has 0 spiro atoms. The number of benzene rings is 1. The molecule has 7 heteroatoms. The van der Waals surface area contributed by atoms with Gasteiger partial charge in [0.2, 0.25) is 5.91 Å². The van der Waals surface area contributed by atoms with Gasteiger partial charge in [0.15, 0.2) is 0 Å². The Labute approximate surface area is 164 Å². The van der Waals surface area contributed by atoms with Crippen molar-refractivity contribution in [1.82, 2.24) is 10.2 Å². The number of carbonyl (C=O) groups is 3. The van der Waals surface area contributed by atoms with E-state index in [1.807, 2.05) is 33.8 Å². The zero-order chi connectivity index (χ0) is 20.4. The van der Waals surface area contributed by atoms with Gasteiger partial charge in [-0.1, -0.05) is 51.4 Å². The number of hydrogen-bond acceptors (Lipinski definition) is 3. The lowest BCUT2D eigenvalue weighted by atomic mass is 9.85. The summed E-state index contributed by atoms with van der Waals surface area (Å²) in [4.78, 5) is 38.8. The number of aryl methyl sites for hydroxylation is 1. The summed E-state index contributed by atoms with van der Waals surface area (Å²) in [5, 5.41) is 12.5. The molecular weight excluding hydrogens is 368 g/mol. The summed E-state index contributed by atoms with van der Waals surface area (Å²) in [5.74, 6) is -1.82. The molecule has 6 nitrogen and oxygen atoms in total. The zero-order valence-corrected chi connectivity index (χ0v) is 17.0.